The van der Waals surface area contributed by atoms with Crippen LogP contribution < -0.4 is 5.73 Å². The topological polar surface area (TPSA) is 52.3 Å². The highest BCUT2D eigenvalue weighted by molar-refractivity contribution is 5.72. The molecule has 0 aromatic rings. The normalized spacial score (nSPS) is 19.3. The minimum absolute atomic E-state index is 0.102. The summed E-state index contributed by atoms with van der Waals surface area (Å²) in [5, 5.41) is 0. The van der Waals surface area contributed by atoms with Gasteiger partial charge in [0.2, 0.25) is 0 Å². The fraction of sp³-hybridized carbons (Fsp3) is 0.929. The summed E-state index contributed by atoms with van der Waals surface area (Å²) in [7, 11) is 0. The predicted octanol–water partition coefficient (Wildman–Crippen LogP) is 2.73. The van der Waals surface area contributed by atoms with Crippen molar-refractivity contribution in [2.45, 2.75) is 52.9 Å². The van der Waals surface area contributed by atoms with E-state index in [2.05, 4.69) is 20.8 Å². The summed E-state index contributed by atoms with van der Waals surface area (Å²) in [6.07, 6.45) is 5.78. The Bertz CT molecular complexity index is 239. The van der Waals surface area contributed by atoms with Crippen molar-refractivity contribution in [2.24, 2.45) is 23.0 Å². The molecule has 1 aliphatic carbocycles. The van der Waals surface area contributed by atoms with E-state index in [1.807, 2.05) is 0 Å². The highest BCUT2D eigenvalue weighted by Gasteiger charge is 2.26. The molecule has 1 saturated carbocycles. The molecule has 3 heteroatoms. The standard InChI is InChI=1S/C14H27NO2/c1-14(2,3)8-12(9-15)13(16)17-10-11-6-4-5-7-11/h11-12H,4-10,15H2,1-3H3. The molecule has 1 rings (SSSR count). The van der Waals surface area contributed by atoms with Crippen molar-refractivity contribution in [1.29, 1.82) is 0 Å². The van der Waals surface area contributed by atoms with Gasteiger partial charge in [0.15, 0.2) is 0 Å². The summed E-state index contributed by atoms with van der Waals surface area (Å²) in [5.74, 6) is 0.345. The number of ether oxygens (including phenoxy) is 1. The Kier molecular flexibility index (Phi) is 5.44. The fourth-order valence-electron chi connectivity index (χ4n) is 2.50. The maximum atomic E-state index is 11.9. The van der Waals surface area contributed by atoms with Gasteiger partial charge in [-0.05, 0) is 30.6 Å². The van der Waals surface area contributed by atoms with Crippen molar-refractivity contribution >= 4 is 5.97 Å². The third-order valence-electron chi connectivity index (χ3n) is 3.41. The lowest BCUT2D eigenvalue weighted by Gasteiger charge is -2.24. The number of esters is 1. The Morgan fingerprint density at radius 3 is 2.41 bits per heavy atom. The first-order chi connectivity index (χ1) is 7.92. The van der Waals surface area contributed by atoms with Gasteiger partial charge in [0.25, 0.3) is 0 Å². The number of carbonyl (C=O) groups excluding carboxylic acids is 1. The van der Waals surface area contributed by atoms with Crippen LogP contribution in [0.2, 0.25) is 0 Å². The molecule has 0 heterocycles. The molecule has 1 fully saturated rings. The van der Waals surface area contributed by atoms with E-state index in [0.29, 0.717) is 19.1 Å². The van der Waals surface area contributed by atoms with Gasteiger partial charge in [0, 0.05) is 6.54 Å². The van der Waals surface area contributed by atoms with Crippen molar-refractivity contribution < 1.29 is 9.53 Å². The van der Waals surface area contributed by atoms with Gasteiger partial charge in [-0.1, -0.05) is 33.6 Å². The largest absolute Gasteiger partial charge is 0.465 e. The van der Waals surface area contributed by atoms with Crippen LogP contribution in [0.4, 0.5) is 0 Å². The third-order valence-corrected chi connectivity index (χ3v) is 3.41. The highest BCUT2D eigenvalue weighted by Crippen LogP contribution is 2.27. The van der Waals surface area contributed by atoms with Crippen LogP contribution in [0.5, 0.6) is 0 Å². The molecule has 100 valence electrons. The zero-order chi connectivity index (χ0) is 12.9. The smallest absolute Gasteiger partial charge is 0.310 e. The van der Waals surface area contributed by atoms with E-state index in [1.54, 1.807) is 0 Å². The fourth-order valence-corrected chi connectivity index (χ4v) is 2.50. The van der Waals surface area contributed by atoms with Crippen molar-refractivity contribution in [2.75, 3.05) is 13.2 Å². The van der Waals surface area contributed by atoms with E-state index in [-0.39, 0.29) is 17.3 Å². The summed E-state index contributed by atoms with van der Waals surface area (Å²) in [5.41, 5.74) is 5.79. The summed E-state index contributed by atoms with van der Waals surface area (Å²) >= 11 is 0. The minimum atomic E-state index is -0.142. The first-order valence-electron chi connectivity index (χ1n) is 6.79. The van der Waals surface area contributed by atoms with Crippen LogP contribution in [0.1, 0.15) is 52.9 Å². The monoisotopic (exact) mass is 241 g/mol. The Labute approximate surface area is 105 Å². The number of hydrogen-bond donors (Lipinski definition) is 1. The second-order valence-electron chi connectivity index (χ2n) is 6.48. The average molecular weight is 241 g/mol. The number of carbonyl (C=O) groups is 1. The lowest BCUT2D eigenvalue weighted by Crippen LogP contribution is -2.30. The first-order valence-corrected chi connectivity index (χ1v) is 6.79. The molecule has 17 heavy (non-hydrogen) atoms. The molecule has 3 nitrogen and oxygen atoms in total. The van der Waals surface area contributed by atoms with E-state index in [9.17, 15) is 4.79 Å². The molecule has 0 amide bonds. The average Bonchev–Trinajstić information content (AvgIpc) is 2.74. The SMILES string of the molecule is CC(C)(C)CC(CN)C(=O)OCC1CCCC1. The number of nitrogens with two attached hydrogens (primary N) is 1. The molecule has 2 N–H and O–H groups in total. The predicted molar refractivity (Wildman–Crippen MR) is 69.5 cm³/mol. The Morgan fingerprint density at radius 1 is 1.35 bits per heavy atom. The summed E-state index contributed by atoms with van der Waals surface area (Å²) in [4.78, 5) is 11.9. The van der Waals surface area contributed by atoms with E-state index in [4.69, 9.17) is 10.5 Å². The van der Waals surface area contributed by atoms with Crippen LogP contribution in [0.25, 0.3) is 0 Å². The van der Waals surface area contributed by atoms with Crippen molar-refractivity contribution in [3.63, 3.8) is 0 Å². The van der Waals surface area contributed by atoms with Gasteiger partial charge in [0.1, 0.15) is 0 Å². The van der Waals surface area contributed by atoms with Gasteiger partial charge in [-0.15, -0.1) is 0 Å². The quantitative estimate of drug-likeness (QED) is 0.753. The lowest BCUT2D eigenvalue weighted by molar-refractivity contribution is -0.150. The van der Waals surface area contributed by atoms with Crippen LogP contribution in [-0.2, 0) is 9.53 Å². The second kappa shape index (κ2) is 6.39. The van der Waals surface area contributed by atoms with Gasteiger partial charge in [-0.25, -0.2) is 0 Å². The zero-order valence-corrected chi connectivity index (χ0v) is 11.5. The van der Waals surface area contributed by atoms with Crippen molar-refractivity contribution in [3.8, 4) is 0 Å². The Hall–Kier alpha value is -0.570. The summed E-state index contributed by atoms with van der Waals surface area (Å²) in [6.45, 7) is 7.36. The number of hydrogen-bond acceptors (Lipinski definition) is 3. The van der Waals surface area contributed by atoms with Gasteiger partial charge in [-0.3, -0.25) is 4.79 Å². The third kappa shape index (κ3) is 5.53. The maximum Gasteiger partial charge on any atom is 0.310 e. The van der Waals surface area contributed by atoms with Crippen LogP contribution in [0, 0.1) is 17.3 Å². The Balaban J connectivity index is 2.32. The molecular formula is C14H27NO2. The molecule has 0 saturated heterocycles. The van der Waals surface area contributed by atoms with Crippen molar-refractivity contribution in [1.82, 2.24) is 0 Å². The number of rotatable bonds is 5. The van der Waals surface area contributed by atoms with E-state index < -0.39 is 0 Å². The van der Waals surface area contributed by atoms with Crippen LogP contribution in [0.15, 0.2) is 0 Å². The second-order valence-corrected chi connectivity index (χ2v) is 6.48. The van der Waals surface area contributed by atoms with Gasteiger partial charge >= 0.3 is 5.97 Å². The molecule has 1 unspecified atom stereocenters. The molecule has 0 spiro atoms. The molecular weight excluding hydrogens is 214 g/mol. The molecule has 0 bridgehead atoms. The van der Waals surface area contributed by atoms with E-state index in [0.717, 1.165) is 6.42 Å². The molecule has 0 aromatic carbocycles. The Morgan fingerprint density at radius 2 is 1.94 bits per heavy atom. The maximum absolute atomic E-state index is 11.9. The van der Waals surface area contributed by atoms with Crippen LogP contribution in [0.3, 0.4) is 0 Å². The molecule has 0 radical (unpaired) electrons. The lowest BCUT2D eigenvalue weighted by atomic mass is 9.85. The summed E-state index contributed by atoms with van der Waals surface area (Å²) in [6, 6.07) is 0. The first kappa shape index (κ1) is 14.5. The molecule has 1 aliphatic rings. The molecule has 0 aromatic heterocycles. The van der Waals surface area contributed by atoms with Crippen LogP contribution >= 0.6 is 0 Å². The minimum Gasteiger partial charge on any atom is -0.465 e. The van der Waals surface area contributed by atoms with Gasteiger partial charge in [0.05, 0.1) is 12.5 Å². The zero-order valence-electron chi connectivity index (χ0n) is 11.5. The molecule has 0 aliphatic heterocycles. The summed E-state index contributed by atoms with van der Waals surface area (Å²) < 4.78 is 5.41. The van der Waals surface area contributed by atoms with Crippen LogP contribution in [-0.4, -0.2) is 19.1 Å². The van der Waals surface area contributed by atoms with Gasteiger partial charge in [-0.2, -0.15) is 0 Å². The molecule has 1 atom stereocenters. The van der Waals surface area contributed by atoms with Crippen molar-refractivity contribution in [3.05, 3.63) is 0 Å². The van der Waals surface area contributed by atoms with Gasteiger partial charge < -0.3 is 10.5 Å². The van der Waals surface area contributed by atoms with E-state index in [1.165, 1.54) is 25.7 Å². The highest BCUT2D eigenvalue weighted by atomic mass is 16.5. The van der Waals surface area contributed by atoms with E-state index >= 15 is 0 Å².